The maximum absolute atomic E-state index is 9.98. The molecular weight excluding hydrogens is 152 g/mol. The van der Waals surface area contributed by atoms with Gasteiger partial charge in [-0.3, -0.25) is 4.79 Å². The Morgan fingerprint density at radius 2 is 1.82 bits per heavy atom. The zero-order valence-electron chi connectivity index (χ0n) is 5.97. The van der Waals surface area contributed by atoms with Gasteiger partial charge < -0.3 is 20.4 Å². The Morgan fingerprint density at radius 3 is 2.18 bits per heavy atom. The number of carboxylic acid groups (broad SMARTS) is 1. The van der Waals surface area contributed by atoms with E-state index < -0.39 is 24.6 Å². The second kappa shape index (κ2) is 5.06. The van der Waals surface area contributed by atoms with Crippen LogP contribution in [0.2, 0.25) is 0 Å². The van der Waals surface area contributed by atoms with Gasteiger partial charge in [0.1, 0.15) is 0 Å². The molecule has 11 heavy (non-hydrogen) atoms. The van der Waals surface area contributed by atoms with Crippen LogP contribution in [0.4, 0.5) is 0 Å². The lowest BCUT2D eigenvalue weighted by atomic mass is 10.1. The van der Waals surface area contributed by atoms with Crippen LogP contribution in [0.15, 0.2) is 0 Å². The van der Waals surface area contributed by atoms with Crippen LogP contribution >= 0.6 is 0 Å². The first kappa shape index (κ1) is 10.3. The molecular formula is C6H12O5. The largest absolute Gasteiger partial charge is 0.481 e. The minimum absolute atomic E-state index is 0.00551. The zero-order chi connectivity index (χ0) is 8.85. The van der Waals surface area contributed by atoms with Gasteiger partial charge in [0.2, 0.25) is 0 Å². The molecule has 0 heterocycles. The molecule has 0 aliphatic carbocycles. The molecule has 0 radical (unpaired) electrons. The van der Waals surface area contributed by atoms with Crippen molar-refractivity contribution in [2.45, 2.75) is 25.0 Å². The minimum Gasteiger partial charge on any atom is -0.481 e. The molecule has 0 fully saturated rings. The Balaban J connectivity index is 3.63. The van der Waals surface area contributed by atoms with Gasteiger partial charge in [-0.25, -0.2) is 0 Å². The molecule has 0 aromatic heterocycles. The molecule has 5 heteroatoms. The Labute approximate surface area is 63.9 Å². The van der Waals surface area contributed by atoms with Crippen LogP contribution in [0.3, 0.4) is 0 Å². The lowest BCUT2D eigenvalue weighted by Crippen LogP contribution is -2.29. The second-order valence-electron chi connectivity index (χ2n) is 2.24. The van der Waals surface area contributed by atoms with Crippen LogP contribution < -0.4 is 0 Å². The molecule has 5 nitrogen and oxygen atoms in total. The summed E-state index contributed by atoms with van der Waals surface area (Å²) >= 11 is 0. The molecule has 0 bridgehead atoms. The summed E-state index contributed by atoms with van der Waals surface area (Å²) in [7, 11) is 0. The van der Waals surface area contributed by atoms with Gasteiger partial charge in [0.15, 0.2) is 0 Å². The van der Waals surface area contributed by atoms with Gasteiger partial charge in [0, 0.05) is 6.61 Å². The zero-order valence-corrected chi connectivity index (χ0v) is 5.97. The highest BCUT2D eigenvalue weighted by Gasteiger charge is 2.18. The average Bonchev–Trinajstić information content (AvgIpc) is 1.86. The molecule has 0 aromatic rings. The summed E-state index contributed by atoms with van der Waals surface area (Å²) in [6, 6.07) is 0. The highest BCUT2D eigenvalue weighted by atomic mass is 16.4. The lowest BCUT2D eigenvalue weighted by Gasteiger charge is -2.13. The van der Waals surface area contributed by atoms with E-state index in [1.165, 1.54) is 0 Å². The molecule has 2 atom stereocenters. The molecule has 0 aromatic carbocycles. The number of carbonyl (C=O) groups is 1. The van der Waals surface area contributed by atoms with Crippen molar-refractivity contribution in [1.82, 2.24) is 0 Å². The standard InChI is InChI=1S/C6H12O5/c7-2-1-4(8)5(9)3-6(10)11/h4-5,7-9H,1-3H2,(H,10,11). The van der Waals surface area contributed by atoms with Gasteiger partial charge in [-0.2, -0.15) is 0 Å². The summed E-state index contributed by atoms with van der Waals surface area (Å²) < 4.78 is 0. The molecule has 0 saturated heterocycles. The summed E-state index contributed by atoms with van der Waals surface area (Å²) in [4.78, 5) is 9.98. The molecule has 2 unspecified atom stereocenters. The fraction of sp³-hybridized carbons (Fsp3) is 0.833. The quantitative estimate of drug-likeness (QED) is 0.399. The average molecular weight is 164 g/mol. The molecule has 4 N–H and O–H groups in total. The summed E-state index contributed by atoms with van der Waals surface area (Å²) in [5, 5.41) is 34.2. The lowest BCUT2D eigenvalue weighted by molar-refractivity contribution is -0.141. The van der Waals surface area contributed by atoms with Gasteiger partial charge in [-0.05, 0) is 6.42 Å². The van der Waals surface area contributed by atoms with Crippen molar-refractivity contribution in [3.63, 3.8) is 0 Å². The molecule has 0 rings (SSSR count). The van der Waals surface area contributed by atoms with Crippen molar-refractivity contribution in [3.05, 3.63) is 0 Å². The van der Waals surface area contributed by atoms with Crippen LogP contribution in [0, 0.1) is 0 Å². The maximum Gasteiger partial charge on any atom is 0.306 e. The Morgan fingerprint density at radius 1 is 1.27 bits per heavy atom. The molecule has 0 aliphatic rings. The summed E-state index contributed by atoms with van der Waals surface area (Å²) in [6.07, 6.45) is -2.95. The number of hydrogen-bond donors (Lipinski definition) is 4. The third-order valence-electron chi connectivity index (χ3n) is 1.25. The normalized spacial score (nSPS) is 15.9. The van der Waals surface area contributed by atoms with Crippen molar-refractivity contribution in [2.75, 3.05) is 6.61 Å². The van der Waals surface area contributed by atoms with E-state index >= 15 is 0 Å². The number of aliphatic hydroxyl groups is 3. The number of carboxylic acids is 1. The molecule has 0 saturated carbocycles. The van der Waals surface area contributed by atoms with Crippen LogP contribution in [-0.2, 0) is 4.79 Å². The Hall–Kier alpha value is -0.650. The van der Waals surface area contributed by atoms with Crippen molar-refractivity contribution >= 4 is 5.97 Å². The van der Waals surface area contributed by atoms with Gasteiger partial charge in [0.25, 0.3) is 0 Å². The molecule has 0 spiro atoms. The van der Waals surface area contributed by atoms with Crippen molar-refractivity contribution in [3.8, 4) is 0 Å². The third kappa shape index (κ3) is 4.72. The van der Waals surface area contributed by atoms with Crippen molar-refractivity contribution < 1.29 is 25.2 Å². The van der Waals surface area contributed by atoms with Gasteiger partial charge in [0.05, 0.1) is 18.6 Å². The first-order valence-corrected chi connectivity index (χ1v) is 3.26. The van der Waals surface area contributed by atoms with Gasteiger partial charge >= 0.3 is 5.97 Å². The predicted molar refractivity (Wildman–Crippen MR) is 36.0 cm³/mol. The maximum atomic E-state index is 9.98. The third-order valence-corrected chi connectivity index (χ3v) is 1.25. The molecule has 0 aliphatic heterocycles. The number of hydrogen-bond acceptors (Lipinski definition) is 4. The first-order chi connectivity index (χ1) is 5.07. The molecule has 0 amide bonds. The van der Waals surface area contributed by atoms with E-state index in [0.717, 1.165) is 0 Å². The predicted octanol–water partition coefficient (Wildman–Crippen LogP) is -1.43. The summed E-state index contributed by atoms with van der Waals surface area (Å²) in [6.45, 7) is -0.266. The SMILES string of the molecule is O=C(O)CC(O)C(O)CCO. The second-order valence-corrected chi connectivity index (χ2v) is 2.24. The topological polar surface area (TPSA) is 98.0 Å². The van der Waals surface area contributed by atoms with E-state index in [2.05, 4.69) is 0 Å². The highest BCUT2D eigenvalue weighted by Crippen LogP contribution is 2.02. The van der Waals surface area contributed by atoms with Crippen LogP contribution in [-0.4, -0.2) is 45.2 Å². The van der Waals surface area contributed by atoms with Gasteiger partial charge in [-0.15, -0.1) is 0 Å². The fourth-order valence-electron chi connectivity index (χ4n) is 0.640. The van der Waals surface area contributed by atoms with E-state index in [9.17, 15) is 4.79 Å². The smallest absolute Gasteiger partial charge is 0.306 e. The van der Waals surface area contributed by atoms with E-state index in [1.54, 1.807) is 0 Å². The number of aliphatic hydroxyl groups excluding tert-OH is 3. The summed E-state index contributed by atoms with van der Waals surface area (Å²) in [5.74, 6) is -1.17. The van der Waals surface area contributed by atoms with Crippen LogP contribution in [0.25, 0.3) is 0 Å². The van der Waals surface area contributed by atoms with Crippen LogP contribution in [0.5, 0.6) is 0 Å². The van der Waals surface area contributed by atoms with Crippen molar-refractivity contribution in [2.24, 2.45) is 0 Å². The van der Waals surface area contributed by atoms with E-state index in [4.69, 9.17) is 20.4 Å². The highest BCUT2D eigenvalue weighted by molar-refractivity contribution is 5.67. The van der Waals surface area contributed by atoms with Crippen molar-refractivity contribution in [1.29, 1.82) is 0 Å². The fourth-order valence-corrected chi connectivity index (χ4v) is 0.640. The summed E-state index contributed by atoms with van der Waals surface area (Å²) in [5.41, 5.74) is 0. The van der Waals surface area contributed by atoms with E-state index in [0.29, 0.717) is 0 Å². The Bertz CT molecular complexity index is 124. The van der Waals surface area contributed by atoms with E-state index in [-0.39, 0.29) is 13.0 Å². The minimum atomic E-state index is -1.29. The van der Waals surface area contributed by atoms with Gasteiger partial charge in [-0.1, -0.05) is 0 Å². The number of aliphatic carboxylic acids is 1. The van der Waals surface area contributed by atoms with E-state index in [1.807, 2.05) is 0 Å². The monoisotopic (exact) mass is 164 g/mol. The molecule has 66 valence electrons. The Kier molecular flexibility index (Phi) is 4.76. The number of rotatable bonds is 5. The first-order valence-electron chi connectivity index (χ1n) is 3.26. The van der Waals surface area contributed by atoms with Crippen LogP contribution in [0.1, 0.15) is 12.8 Å².